The van der Waals surface area contributed by atoms with Crippen LogP contribution in [-0.4, -0.2) is 23.6 Å². The minimum absolute atomic E-state index is 0.142. The van der Waals surface area contributed by atoms with Crippen LogP contribution in [0.25, 0.3) is 10.9 Å². The lowest BCUT2D eigenvalue weighted by molar-refractivity contribution is 0.103. The van der Waals surface area contributed by atoms with E-state index >= 15 is 0 Å². The van der Waals surface area contributed by atoms with Gasteiger partial charge in [0.15, 0.2) is 17.3 Å². The maximum Gasteiger partial charge on any atom is 0.200 e. The number of carbonyl (C=O) groups is 1. The summed E-state index contributed by atoms with van der Waals surface area (Å²) in [6, 6.07) is 20.6. The zero-order valence-electron chi connectivity index (χ0n) is 17.1. The summed E-state index contributed by atoms with van der Waals surface area (Å²) in [5.74, 6) is 0.848. The molecule has 5 rings (SSSR count). The molecule has 0 atom stereocenters. The lowest BCUT2D eigenvalue weighted by atomic mass is 10.0. The Kier molecular flexibility index (Phi) is 4.79. The van der Waals surface area contributed by atoms with Crippen LogP contribution >= 0.6 is 0 Å². The molecule has 31 heavy (non-hydrogen) atoms. The smallest absolute Gasteiger partial charge is 0.200 e. The molecule has 1 aliphatic heterocycles. The summed E-state index contributed by atoms with van der Waals surface area (Å²) in [5.41, 5.74) is 3.26. The first-order chi connectivity index (χ1) is 15.1. The lowest BCUT2D eigenvalue weighted by Crippen LogP contribution is -2.21. The largest absolute Gasteiger partial charge is 0.486 e. The molecule has 0 saturated heterocycles. The first-order valence-electron chi connectivity index (χ1n) is 10.2. The van der Waals surface area contributed by atoms with Crippen molar-refractivity contribution in [3.8, 4) is 11.5 Å². The van der Waals surface area contributed by atoms with Gasteiger partial charge in [0.25, 0.3) is 0 Å². The highest BCUT2D eigenvalue weighted by Crippen LogP contribution is 2.34. The summed E-state index contributed by atoms with van der Waals surface area (Å²) in [5, 5.41) is 0.443. The SMILES string of the molecule is Cc1cccc(Cn2cc(C(=O)c3ccccc3)c(=O)c3cc4c(cc32)OCCO4)c1. The molecule has 0 fully saturated rings. The van der Waals surface area contributed by atoms with Crippen molar-refractivity contribution in [2.75, 3.05) is 13.2 Å². The van der Waals surface area contributed by atoms with Crippen LogP contribution < -0.4 is 14.9 Å². The lowest BCUT2D eigenvalue weighted by Gasteiger charge is -2.21. The van der Waals surface area contributed by atoms with Gasteiger partial charge in [0.2, 0.25) is 5.43 Å². The number of rotatable bonds is 4. The predicted octanol–water partition coefficient (Wildman–Crippen LogP) is 4.36. The number of aromatic nitrogens is 1. The van der Waals surface area contributed by atoms with Gasteiger partial charge >= 0.3 is 0 Å². The Morgan fingerprint density at radius 2 is 1.68 bits per heavy atom. The van der Waals surface area contributed by atoms with Crippen molar-refractivity contribution in [3.05, 3.63) is 105 Å². The number of nitrogens with zero attached hydrogens (tertiary/aromatic N) is 1. The van der Waals surface area contributed by atoms with Crippen molar-refractivity contribution in [2.24, 2.45) is 0 Å². The Morgan fingerprint density at radius 1 is 0.935 bits per heavy atom. The summed E-state index contributed by atoms with van der Waals surface area (Å²) < 4.78 is 13.4. The Balaban J connectivity index is 1.73. The molecule has 5 heteroatoms. The molecule has 5 nitrogen and oxygen atoms in total. The normalized spacial score (nSPS) is 12.7. The van der Waals surface area contributed by atoms with Crippen LogP contribution in [0.15, 0.2) is 77.7 Å². The second-order valence-electron chi connectivity index (χ2n) is 7.70. The maximum absolute atomic E-state index is 13.4. The topological polar surface area (TPSA) is 57.5 Å². The minimum atomic E-state index is -0.304. The number of hydrogen-bond donors (Lipinski definition) is 0. The third-order valence-corrected chi connectivity index (χ3v) is 5.46. The molecule has 0 saturated carbocycles. The molecule has 0 spiro atoms. The molecule has 1 aromatic heterocycles. The fourth-order valence-corrected chi connectivity index (χ4v) is 3.97. The van der Waals surface area contributed by atoms with Crippen LogP contribution in [0.3, 0.4) is 0 Å². The van der Waals surface area contributed by atoms with Crippen molar-refractivity contribution in [1.82, 2.24) is 4.57 Å². The van der Waals surface area contributed by atoms with E-state index in [2.05, 4.69) is 6.07 Å². The van der Waals surface area contributed by atoms with Gasteiger partial charge < -0.3 is 14.0 Å². The molecule has 3 aromatic carbocycles. The van der Waals surface area contributed by atoms with Gasteiger partial charge in [-0.2, -0.15) is 0 Å². The molecule has 0 bridgehead atoms. The highest BCUT2D eigenvalue weighted by atomic mass is 16.6. The van der Waals surface area contributed by atoms with Gasteiger partial charge in [-0.05, 0) is 18.6 Å². The van der Waals surface area contributed by atoms with Gasteiger partial charge in [-0.1, -0.05) is 60.2 Å². The van der Waals surface area contributed by atoms with Crippen molar-refractivity contribution >= 4 is 16.7 Å². The van der Waals surface area contributed by atoms with Crippen molar-refractivity contribution in [1.29, 1.82) is 0 Å². The highest BCUT2D eigenvalue weighted by molar-refractivity contribution is 6.10. The van der Waals surface area contributed by atoms with E-state index in [9.17, 15) is 9.59 Å². The van der Waals surface area contributed by atoms with E-state index in [-0.39, 0.29) is 16.8 Å². The number of hydrogen-bond acceptors (Lipinski definition) is 4. The first kappa shape index (κ1) is 19.1. The summed E-state index contributed by atoms with van der Waals surface area (Å²) in [6.07, 6.45) is 1.67. The number of pyridine rings is 1. The van der Waals surface area contributed by atoms with Gasteiger partial charge in [-0.3, -0.25) is 9.59 Å². The Morgan fingerprint density at radius 3 is 2.42 bits per heavy atom. The molecule has 0 radical (unpaired) electrons. The van der Waals surface area contributed by atoms with E-state index in [0.29, 0.717) is 47.7 Å². The number of carbonyl (C=O) groups excluding carboxylic acids is 1. The highest BCUT2D eigenvalue weighted by Gasteiger charge is 2.21. The number of aryl methyl sites for hydroxylation is 1. The molecule has 4 aromatic rings. The van der Waals surface area contributed by atoms with Crippen LogP contribution in [0.2, 0.25) is 0 Å². The number of ketones is 1. The third kappa shape index (κ3) is 3.59. The van der Waals surface area contributed by atoms with Crippen LogP contribution in [0.4, 0.5) is 0 Å². The molecular weight excluding hydrogens is 390 g/mol. The van der Waals surface area contributed by atoms with Gasteiger partial charge in [-0.25, -0.2) is 0 Å². The summed E-state index contributed by atoms with van der Waals surface area (Å²) in [6.45, 7) is 3.45. The van der Waals surface area contributed by atoms with Crippen molar-refractivity contribution in [3.63, 3.8) is 0 Å². The van der Waals surface area contributed by atoms with Gasteiger partial charge in [0, 0.05) is 24.4 Å². The summed E-state index contributed by atoms with van der Waals surface area (Å²) in [7, 11) is 0. The van der Waals surface area contributed by atoms with Crippen molar-refractivity contribution < 1.29 is 14.3 Å². The van der Waals surface area contributed by atoms with E-state index in [4.69, 9.17) is 9.47 Å². The molecule has 0 N–H and O–H groups in total. The van der Waals surface area contributed by atoms with E-state index < -0.39 is 0 Å². The molecular formula is C26H21NO4. The Bertz CT molecular complexity index is 1360. The minimum Gasteiger partial charge on any atom is -0.486 e. The zero-order valence-corrected chi connectivity index (χ0v) is 17.1. The van der Waals surface area contributed by atoms with E-state index in [0.717, 1.165) is 11.1 Å². The molecule has 2 heterocycles. The second-order valence-corrected chi connectivity index (χ2v) is 7.70. The number of fused-ring (bicyclic) bond motifs is 2. The third-order valence-electron chi connectivity index (χ3n) is 5.46. The average Bonchev–Trinajstić information content (AvgIpc) is 2.80. The van der Waals surface area contributed by atoms with Gasteiger partial charge in [0.1, 0.15) is 13.2 Å². The summed E-state index contributed by atoms with van der Waals surface area (Å²) >= 11 is 0. The van der Waals surface area contributed by atoms with Gasteiger partial charge in [-0.15, -0.1) is 0 Å². The average molecular weight is 411 g/mol. The van der Waals surface area contributed by atoms with E-state index in [1.807, 2.05) is 41.8 Å². The molecule has 0 aliphatic carbocycles. The standard InChI is InChI=1S/C26H21NO4/c1-17-6-5-7-18(12-17)15-27-16-21(25(28)19-8-3-2-4-9-19)26(29)20-13-23-24(14-22(20)27)31-11-10-30-23/h2-9,12-14,16H,10-11,15H2,1H3. The fraction of sp³-hybridized carbons (Fsp3) is 0.154. The second kappa shape index (κ2) is 7.76. The fourth-order valence-electron chi connectivity index (χ4n) is 3.97. The number of ether oxygens (including phenoxy) is 2. The predicted molar refractivity (Wildman–Crippen MR) is 119 cm³/mol. The first-order valence-corrected chi connectivity index (χ1v) is 10.2. The molecule has 1 aliphatic rings. The Labute approximate surface area is 179 Å². The number of benzene rings is 3. The van der Waals surface area contributed by atoms with Crippen LogP contribution in [0.5, 0.6) is 11.5 Å². The van der Waals surface area contributed by atoms with Gasteiger partial charge in [0.05, 0.1) is 16.5 Å². The van der Waals surface area contributed by atoms with E-state index in [1.165, 1.54) is 0 Å². The molecule has 0 unspecified atom stereocenters. The van der Waals surface area contributed by atoms with Crippen LogP contribution in [0, 0.1) is 6.92 Å². The molecule has 154 valence electrons. The van der Waals surface area contributed by atoms with Crippen LogP contribution in [0.1, 0.15) is 27.0 Å². The quantitative estimate of drug-likeness (QED) is 0.468. The zero-order chi connectivity index (χ0) is 21.4. The monoisotopic (exact) mass is 411 g/mol. The van der Waals surface area contributed by atoms with Crippen molar-refractivity contribution in [2.45, 2.75) is 13.5 Å². The molecule has 0 amide bonds. The maximum atomic E-state index is 13.4. The summed E-state index contributed by atoms with van der Waals surface area (Å²) in [4.78, 5) is 26.5. The van der Waals surface area contributed by atoms with E-state index in [1.54, 1.807) is 36.5 Å². The Hall–Kier alpha value is -3.86. The van der Waals surface area contributed by atoms with Crippen LogP contribution in [-0.2, 0) is 6.54 Å².